The number of anilines is 2. The van der Waals surface area contributed by atoms with Gasteiger partial charge in [0, 0.05) is 6.54 Å². The van der Waals surface area contributed by atoms with E-state index in [2.05, 4.69) is 23.8 Å². The highest BCUT2D eigenvalue weighted by Gasteiger charge is 1.97. The molecule has 1 aromatic rings. The first-order valence-corrected chi connectivity index (χ1v) is 4.66. The van der Waals surface area contributed by atoms with Crippen LogP contribution in [0.25, 0.3) is 0 Å². The zero-order chi connectivity index (χ0) is 8.97. The Morgan fingerprint density at radius 2 is 2.58 bits per heavy atom. The lowest BCUT2D eigenvalue weighted by Gasteiger charge is -2.02. The van der Waals surface area contributed by atoms with Crippen LogP contribution in [-0.4, -0.2) is 11.5 Å². The van der Waals surface area contributed by atoms with Crippen LogP contribution in [0.1, 0.15) is 13.3 Å². The van der Waals surface area contributed by atoms with Gasteiger partial charge in [-0.15, -0.1) is 0 Å². The summed E-state index contributed by atoms with van der Waals surface area (Å²) in [5.74, 6) is 0. The summed E-state index contributed by atoms with van der Waals surface area (Å²) in [5.41, 5.74) is 6.68. The molecule has 0 amide bonds. The molecule has 66 valence electrons. The van der Waals surface area contributed by atoms with Gasteiger partial charge in [0.1, 0.15) is 5.00 Å². The third-order valence-corrected chi connectivity index (χ3v) is 2.30. The molecule has 0 fully saturated rings. The molecule has 4 heteroatoms. The number of thiazole rings is 1. The first-order chi connectivity index (χ1) is 5.72. The fraction of sp³-hybridized carbons (Fsp3) is 0.375. The SMILES string of the molecule is C=C(CC)CNc1ncc(N)s1. The van der Waals surface area contributed by atoms with Crippen LogP contribution in [-0.2, 0) is 0 Å². The second kappa shape index (κ2) is 4.11. The van der Waals surface area contributed by atoms with Gasteiger partial charge in [-0.25, -0.2) is 4.98 Å². The molecule has 0 spiro atoms. The van der Waals surface area contributed by atoms with Crippen molar-refractivity contribution in [3.63, 3.8) is 0 Å². The molecule has 0 unspecified atom stereocenters. The monoisotopic (exact) mass is 183 g/mol. The van der Waals surface area contributed by atoms with Gasteiger partial charge < -0.3 is 11.1 Å². The van der Waals surface area contributed by atoms with Crippen LogP contribution in [0.4, 0.5) is 10.1 Å². The van der Waals surface area contributed by atoms with E-state index in [0.29, 0.717) is 0 Å². The summed E-state index contributed by atoms with van der Waals surface area (Å²) >= 11 is 1.45. The van der Waals surface area contributed by atoms with Crippen LogP contribution in [0, 0.1) is 0 Å². The summed E-state index contributed by atoms with van der Waals surface area (Å²) in [7, 11) is 0. The van der Waals surface area contributed by atoms with Crippen molar-refractivity contribution in [3.8, 4) is 0 Å². The standard InChI is InChI=1S/C8H13N3S/c1-3-6(2)4-10-8-11-5-7(9)12-8/h5H,2-4,9H2,1H3,(H,10,11). The molecular weight excluding hydrogens is 170 g/mol. The van der Waals surface area contributed by atoms with Crippen molar-refractivity contribution >= 4 is 21.5 Å². The second-order valence-electron chi connectivity index (χ2n) is 2.52. The minimum atomic E-state index is 0.736. The van der Waals surface area contributed by atoms with E-state index in [1.807, 2.05) is 0 Å². The zero-order valence-electron chi connectivity index (χ0n) is 7.13. The quantitative estimate of drug-likeness (QED) is 0.703. The molecule has 3 N–H and O–H groups in total. The summed E-state index contributed by atoms with van der Waals surface area (Å²) in [4.78, 5) is 4.06. The summed E-state index contributed by atoms with van der Waals surface area (Å²) in [6.45, 7) is 6.74. The maximum atomic E-state index is 5.51. The molecule has 0 radical (unpaired) electrons. The molecule has 0 aliphatic rings. The minimum absolute atomic E-state index is 0.736. The average Bonchev–Trinajstić information content (AvgIpc) is 2.47. The summed E-state index contributed by atoms with van der Waals surface area (Å²) in [6, 6.07) is 0. The van der Waals surface area contributed by atoms with E-state index in [9.17, 15) is 0 Å². The maximum Gasteiger partial charge on any atom is 0.184 e. The summed E-state index contributed by atoms with van der Waals surface area (Å²) < 4.78 is 0. The molecule has 0 aliphatic heterocycles. The number of hydrogen-bond acceptors (Lipinski definition) is 4. The van der Waals surface area contributed by atoms with Crippen molar-refractivity contribution < 1.29 is 0 Å². The van der Waals surface area contributed by atoms with E-state index >= 15 is 0 Å². The number of nitrogen functional groups attached to an aromatic ring is 1. The van der Waals surface area contributed by atoms with E-state index in [1.54, 1.807) is 6.20 Å². The van der Waals surface area contributed by atoms with Crippen molar-refractivity contribution in [2.75, 3.05) is 17.6 Å². The van der Waals surface area contributed by atoms with E-state index in [0.717, 1.165) is 23.1 Å². The van der Waals surface area contributed by atoms with Gasteiger partial charge in [-0.3, -0.25) is 0 Å². The molecule has 3 nitrogen and oxygen atoms in total. The Balaban J connectivity index is 2.38. The van der Waals surface area contributed by atoms with Crippen molar-refractivity contribution in [2.24, 2.45) is 0 Å². The smallest absolute Gasteiger partial charge is 0.184 e. The maximum absolute atomic E-state index is 5.51. The summed E-state index contributed by atoms with van der Waals surface area (Å²) in [5, 5.41) is 4.74. The Morgan fingerprint density at radius 1 is 1.83 bits per heavy atom. The van der Waals surface area contributed by atoms with Gasteiger partial charge in [-0.05, 0) is 6.42 Å². The van der Waals surface area contributed by atoms with E-state index in [-0.39, 0.29) is 0 Å². The molecule has 1 aromatic heterocycles. The Labute approximate surface area is 76.3 Å². The van der Waals surface area contributed by atoms with Crippen LogP contribution >= 0.6 is 11.3 Å². The van der Waals surface area contributed by atoms with Gasteiger partial charge >= 0.3 is 0 Å². The molecule has 0 bridgehead atoms. The molecule has 1 rings (SSSR count). The van der Waals surface area contributed by atoms with Crippen molar-refractivity contribution in [1.82, 2.24) is 4.98 Å². The second-order valence-corrected chi connectivity index (χ2v) is 3.59. The molecule has 0 saturated carbocycles. The van der Waals surface area contributed by atoms with Crippen LogP contribution < -0.4 is 11.1 Å². The third kappa shape index (κ3) is 2.54. The van der Waals surface area contributed by atoms with Crippen molar-refractivity contribution in [1.29, 1.82) is 0 Å². The van der Waals surface area contributed by atoms with E-state index in [4.69, 9.17) is 5.73 Å². The Kier molecular flexibility index (Phi) is 3.10. The fourth-order valence-corrected chi connectivity index (χ4v) is 1.27. The molecule has 0 atom stereocenters. The Hall–Kier alpha value is -1.03. The zero-order valence-corrected chi connectivity index (χ0v) is 7.95. The van der Waals surface area contributed by atoms with Gasteiger partial charge in [0.2, 0.25) is 0 Å². The number of nitrogens with one attached hydrogen (secondary N) is 1. The number of nitrogens with two attached hydrogens (primary N) is 1. The number of nitrogens with zero attached hydrogens (tertiary/aromatic N) is 1. The van der Waals surface area contributed by atoms with Crippen LogP contribution in [0.2, 0.25) is 0 Å². The number of aromatic nitrogens is 1. The molecule has 0 saturated heterocycles. The van der Waals surface area contributed by atoms with Gasteiger partial charge in [0.25, 0.3) is 0 Å². The predicted octanol–water partition coefficient (Wildman–Crippen LogP) is 2.10. The van der Waals surface area contributed by atoms with E-state index in [1.165, 1.54) is 16.9 Å². The van der Waals surface area contributed by atoms with Gasteiger partial charge in [-0.2, -0.15) is 0 Å². The molecule has 12 heavy (non-hydrogen) atoms. The number of rotatable bonds is 4. The largest absolute Gasteiger partial charge is 0.389 e. The van der Waals surface area contributed by atoms with E-state index < -0.39 is 0 Å². The van der Waals surface area contributed by atoms with Crippen molar-refractivity contribution in [3.05, 3.63) is 18.3 Å². The molecule has 0 aliphatic carbocycles. The predicted molar refractivity (Wildman–Crippen MR) is 54.4 cm³/mol. The third-order valence-electron chi connectivity index (χ3n) is 1.51. The first kappa shape index (κ1) is 9.06. The topological polar surface area (TPSA) is 50.9 Å². The van der Waals surface area contributed by atoms with Gasteiger partial charge in [-0.1, -0.05) is 30.4 Å². The first-order valence-electron chi connectivity index (χ1n) is 3.84. The van der Waals surface area contributed by atoms with Gasteiger partial charge in [0.05, 0.1) is 6.20 Å². The lowest BCUT2D eigenvalue weighted by atomic mass is 10.2. The summed E-state index contributed by atoms with van der Waals surface area (Å²) in [6.07, 6.45) is 2.65. The van der Waals surface area contributed by atoms with Crippen LogP contribution in [0.15, 0.2) is 18.3 Å². The highest BCUT2D eigenvalue weighted by Crippen LogP contribution is 2.19. The lowest BCUT2D eigenvalue weighted by Crippen LogP contribution is -2.02. The molecular formula is C8H13N3S. The Bertz CT molecular complexity index is 267. The normalized spacial score (nSPS) is 9.75. The van der Waals surface area contributed by atoms with Crippen molar-refractivity contribution in [2.45, 2.75) is 13.3 Å². The highest BCUT2D eigenvalue weighted by molar-refractivity contribution is 7.19. The number of hydrogen-bond donors (Lipinski definition) is 2. The lowest BCUT2D eigenvalue weighted by molar-refractivity contribution is 1.05. The van der Waals surface area contributed by atoms with Crippen LogP contribution in [0.5, 0.6) is 0 Å². The molecule has 1 heterocycles. The van der Waals surface area contributed by atoms with Crippen LogP contribution in [0.3, 0.4) is 0 Å². The highest BCUT2D eigenvalue weighted by atomic mass is 32.1. The Morgan fingerprint density at radius 3 is 3.08 bits per heavy atom. The molecule has 0 aromatic carbocycles. The minimum Gasteiger partial charge on any atom is -0.389 e. The fourth-order valence-electron chi connectivity index (χ4n) is 0.694. The van der Waals surface area contributed by atoms with Gasteiger partial charge in [0.15, 0.2) is 5.13 Å². The average molecular weight is 183 g/mol.